The van der Waals surface area contributed by atoms with E-state index in [0.29, 0.717) is 25.3 Å². The molecule has 0 bridgehead atoms. The lowest BCUT2D eigenvalue weighted by Gasteiger charge is -2.19. The summed E-state index contributed by atoms with van der Waals surface area (Å²) in [6.07, 6.45) is -6.63. The molecule has 3 rings (SSSR count). The van der Waals surface area contributed by atoms with Crippen molar-refractivity contribution in [2.75, 3.05) is 11.9 Å². The summed E-state index contributed by atoms with van der Waals surface area (Å²) in [4.78, 5) is 0. The molecular formula is C15H15F3N2O3. The molecule has 2 N–H and O–H groups in total. The molecule has 1 aromatic carbocycles. The fourth-order valence-electron chi connectivity index (χ4n) is 2.47. The Morgan fingerprint density at radius 1 is 1.30 bits per heavy atom. The topological polar surface area (TPSA) is 67.5 Å². The predicted molar refractivity (Wildman–Crippen MR) is 74.6 cm³/mol. The summed E-state index contributed by atoms with van der Waals surface area (Å²) in [6, 6.07) is 5.76. The molecule has 0 fully saturated rings. The van der Waals surface area contributed by atoms with Gasteiger partial charge in [0.1, 0.15) is 11.5 Å². The second kappa shape index (κ2) is 6.21. The fourth-order valence-corrected chi connectivity index (χ4v) is 2.47. The van der Waals surface area contributed by atoms with Crippen LogP contribution in [-0.2, 0) is 24.3 Å². The van der Waals surface area contributed by atoms with Gasteiger partial charge in [0.2, 0.25) is 0 Å². The maximum atomic E-state index is 12.7. The molecule has 0 amide bonds. The average molecular weight is 328 g/mol. The lowest BCUT2D eigenvalue weighted by Crippen LogP contribution is -2.21. The van der Waals surface area contributed by atoms with E-state index in [0.717, 1.165) is 11.3 Å². The van der Waals surface area contributed by atoms with Crippen molar-refractivity contribution in [1.82, 2.24) is 5.16 Å². The summed E-state index contributed by atoms with van der Waals surface area (Å²) < 4.78 is 48.7. The van der Waals surface area contributed by atoms with Crippen molar-refractivity contribution < 1.29 is 27.5 Å². The zero-order valence-electron chi connectivity index (χ0n) is 12.1. The number of alkyl halides is 3. The molecule has 1 aromatic heterocycles. The third kappa shape index (κ3) is 3.32. The van der Waals surface area contributed by atoms with Crippen molar-refractivity contribution in [3.8, 4) is 0 Å². The Labute approximate surface area is 130 Å². The molecule has 0 saturated carbocycles. The quantitative estimate of drug-likeness (QED) is 0.903. The minimum Gasteiger partial charge on any atom is -0.379 e. The van der Waals surface area contributed by atoms with Crippen LogP contribution in [0.2, 0.25) is 0 Å². The number of hydrogen-bond acceptors (Lipinski definition) is 5. The Morgan fingerprint density at radius 2 is 2.09 bits per heavy atom. The van der Waals surface area contributed by atoms with E-state index in [1.165, 1.54) is 18.2 Å². The van der Waals surface area contributed by atoms with E-state index in [1.807, 2.05) is 0 Å². The van der Waals surface area contributed by atoms with Crippen LogP contribution < -0.4 is 5.32 Å². The van der Waals surface area contributed by atoms with E-state index >= 15 is 0 Å². The Balaban J connectivity index is 1.78. The lowest BCUT2D eigenvalue weighted by molar-refractivity contribution is -0.206. The first-order chi connectivity index (χ1) is 11.0. The Hall–Kier alpha value is -2.06. The number of aliphatic hydroxyl groups is 1. The summed E-state index contributed by atoms with van der Waals surface area (Å²) >= 11 is 0. The van der Waals surface area contributed by atoms with Crippen molar-refractivity contribution in [1.29, 1.82) is 0 Å². The van der Waals surface area contributed by atoms with Crippen LogP contribution in [0.1, 0.15) is 28.7 Å². The molecule has 23 heavy (non-hydrogen) atoms. The van der Waals surface area contributed by atoms with Gasteiger partial charge in [-0.25, -0.2) is 0 Å². The van der Waals surface area contributed by atoms with E-state index in [-0.39, 0.29) is 17.8 Å². The van der Waals surface area contributed by atoms with Crippen molar-refractivity contribution in [2.45, 2.75) is 31.9 Å². The van der Waals surface area contributed by atoms with E-state index < -0.39 is 12.3 Å². The summed E-state index contributed by atoms with van der Waals surface area (Å²) in [5.41, 5.74) is 1.40. The number of ether oxygens (including phenoxy) is 1. The second-order valence-electron chi connectivity index (χ2n) is 5.22. The van der Waals surface area contributed by atoms with Crippen LogP contribution >= 0.6 is 0 Å². The zero-order valence-corrected chi connectivity index (χ0v) is 12.1. The highest BCUT2D eigenvalue weighted by Gasteiger charge is 2.40. The van der Waals surface area contributed by atoms with E-state index in [4.69, 9.17) is 9.26 Å². The number of benzene rings is 1. The number of para-hydroxylation sites is 1. The number of nitrogens with zero attached hydrogens (tertiary/aromatic N) is 1. The van der Waals surface area contributed by atoms with Gasteiger partial charge in [0.05, 0.1) is 19.8 Å². The molecule has 1 atom stereocenters. The minimum atomic E-state index is -4.72. The van der Waals surface area contributed by atoms with Gasteiger partial charge in [-0.3, -0.25) is 0 Å². The molecule has 1 aliphatic rings. The SMILES string of the molecule is OC(c1ccccc1NCc1noc2c1COCC2)C(F)(F)F. The molecule has 0 aliphatic carbocycles. The van der Waals surface area contributed by atoms with Gasteiger partial charge in [-0.2, -0.15) is 13.2 Å². The summed E-state index contributed by atoms with van der Waals surface area (Å²) in [5.74, 6) is 0.747. The molecule has 0 radical (unpaired) electrons. The summed E-state index contributed by atoms with van der Waals surface area (Å²) in [5, 5.41) is 16.3. The first-order valence-corrected chi connectivity index (χ1v) is 7.08. The Kier molecular flexibility index (Phi) is 4.27. The molecular weight excluding hydrogens is 313 g/mol. The van der Waals surface area contributed by atoms with Crippen LogP contribution in [0.4, 0.5) is 18.9 Å². The monoisotopic (exact) mass is 328 g/mol. The summed E-state index contributed by atoms with van der Waals surface area (Å²) in [7, 11) is 0. The fraction of sp³-hybridized carbons (Fsp3) is 0.400. The number of halogens is 3. The highest BCUT2D eigenvalue weighted by Crippen LogP contribution is 2.36. The average Bonchev–Trinajstić information content (AvgIpc) is 2.95. The molecule has 124 valence electrons. The largest absolute Gasteiger partial charge is 0.418 e. The number of hydrogen-bond donors (Lipinski definition) is 2. The molecule has 5 nitrogen and oxygen atoms in total. The summed E-state index contributed by atoms with van der Waals surface area (Å²) in [6.45, 7) is 1.13. The molecule has 2 aromatic rings. The number of rotatable bonds is 4. The van der Waals surface area contributed by atoms with Gasteiger partial charge >= 0.3 is 6.18 Å². The van der Waals surface area contributed by atoms with Crippen LogP contribution in [0, 0.1) is 0 Å². The molecule has 8 heteroatoms. The van der Waals surface area contributed by atoms with Crippen LogP contribution in [-0.4, -0.2) is 23.0 Å². The number of aliphatic hydroxyl groups excluding tert-OH is 1. The number of fused-ring (bicyclic) bond motifs is 1. The predicted octanol–water partition coefficient (Wildman–Crippen LogP) is 2.96. The lowest BCUT2D eigenvalue weighted by atomic mass is 10.1. The van der Waals surface area contributed by atoms with Crippen LogP contribution in [0.3, 0.4) is 0 Å². The highest BCUT2D eigenvalue weighted by molar-refractivity contribution is 5.53. The van der Waals surface area contributed by atoms with Gasteiger partial charge in [0, 0.05) is 23.2 Å². The highest BCUT2D eigenvalue weighted by atomic mass is 19.4. The van der Waals surface area contributed by atoms with Crippen LogP contribution in [0.25, 0.3) is 0 Å². The first-order valence-electron chi connectivity index (χ1n) is 7.08. The van der Waals surface area contributed by atoms with Crippen molar-refractivity contribution in [2.24, 2.45) is 0 Å². The smallest absolute Gasteiger partial charge is 0.379 e. The van der Waals surface area contributed by atoms with E-state index in [1.54, 1.807) is 6.07 Å². The van der Waals surface area contributed by atoms with Crippen molar-refractivity contribution in [3.63, 3.8) is 0 Å². The number of anilines is 1. The molecule has 1 aliphatic heterocycles. The minimum absolute atomic E-state index is 0.184. The molecule has 2 heterocycles. The van der Waals surface area contributed by atoms with Gasteiger partial charge < -0.3 is 19.7 Å². The molecule has 0 spiro atoms. The van der Waals surface area contributed by atoms with E-state index in [9.17, 15) is 18.3 Å². The number of aromatic nitrogens is 1. The first kappa shape index (κ1) is 15.8. The number of nitrogens with one attached hydrogen (secondary N) is 1. The normalized spacial score (nSPS) is 16.0. The van der Waals surface area contributed by atoms with E-state index in [2.05, 4.69) is 10.5 Å². The molecule has 1 unspecified atom stereocenters. The van der Waals surface area contributed by atoms with Crippen molar-refractivity contribution in [3.05, 3.63) is 46.8 Å². The van der Waals surface area contributed by atoms with Crippen LogP contribution in [0.5, 0.6) is 0 Å². The third-order valence-electron chi connectivity index (χ3n) is 3.68. The Bertz CT molecular complexity index is 685. The van der Waals surface area contributed by atoms with Crippen LogP contribution in [0.15, 0.2) is 28.8 Å². The third-order valence-corrected chi connectivity index (χ3v) is 3.68. The standard InChI is InChI=1S/C15H15F3N2O3/c16-15(17,18)14(21)9-3-1-2-4-11(9)19-7-12-10-8-22-6-5-13(10)23-20-12/h1-4,14,19,21H,5-8H2. The Morgan fingerprint density at radius 3 is 2.87 bits per heavy atom. The maximum Gasteiger partial charge on any atom is 0.418 e. The van der Waals surface area contributed by atoms with Gasteiger partial charge in [-0.05, 0) is 6.07 Å². The van der Waals surface area contributed by atoms with Crippen molar-refractivity contribution >= 4 is 5.69 Å². The maximum absolute atomic E-state index is 12.7. The zero-order chi connectivity index (χ0) is 16.4. The van der Waals surface area contributed by atoms with Gasteiger partial charge in [-0.1, -0.05) is 23.4 Å². The van der Waals surface area contributed by atoms with Gasteiger partial charge in [-0.15, -0.1) is 0 Å². The van der Waals surface area contributed by atoms with Gasteiger partial charge in [0.15, 0.2) is 6.10 Å². The molecule has 0 saturated heterocycles. The van der Waals surface area contributed by atoms with Gasteiger partial charge in [0.25, 0.3) is 0 Å². The second-order valence-corrected chi connectivity index (χ2v) is 5.22.